The molecule has 1 fully saturated rings. The van der Waals surface area contributed by atoms with E-state index in [2.05, 4.69) is 29.3 Å². The van der Waals surface area contributed by atoms with Gasteiger partial charge in [-0.25, -0.2) is 0 Å². The highest BCUT2D eigenvalue weighted by Gasteiger charge is 2.30. The van der Waals surface area contributed by atoms with Crippen molar-refractivity contribution in [3.63, 3.8) is 0 Å². The van der Waals surface area contributed by atoms with Crippen LogP contribution in [0.15, 0.2) is 4.52 Å². The van der Waals surface area contributed by atoms with Crippen LogP contribution in [0.3, 0.4) is 0 Å². The summed E-state index contributed by atoms with van der Waals surface area (Å²) >= 11 is 1.83. The first-order valence-electron chi connectivity index (χ1n) is 6.98. The molecule has 1 saturated carbocycles. The minimum absolute atomic E-state index is 0.409. The van der Waals surface area contributed by atoms with Crippen LogP contribution < -0.4 is 5.32 Å². The lowest BCUT2D eigenvalue weighted by molar-refractivity contribution is 0.264. The number of hydrogen-bond donors (Lipinski definition) is 1. The number of nitrogens with zero attached hydrogens (tertiary/aromatic N) is 2. The fourth-order valence-electron chi connectivity index (χ4n) is 2.60. The molecule has 18 heavy (non-hydrogen) atoms. The predicted octanol–water partition coefficient (Wildman–Crippen LogP) is 2.96. The third-order valence-electron chi connectivity index (χ3n) is 3.47. The van der Waals surface area contributed by atoms with Gasteiger partial charge in [-0.1, -0.05) is 31.8 Å². The third kappa shape index (κ3) is 3.48. The Morgan fingerprint density at radius 1 is 1.33 bits per heavy atom. The van der Waals surface area contributed by atoms with E-state index in [0.717, 1.165) is 29.8 Å². The summed E-state index contributed by atoms with van der Waals surface area (Å²) in [6.07, 6.45) is 4.97. The first-order valence-corrected chi connectivity index (χ1v) is 8.14. The molecule has 4 nitrogen and oxygen atoms in total. The molecule has 1 aromatic heterocycles. The molecule has 2 unspecified atom stereocenters. The number of hydrogen-bond acceptors (Lipinski definition) is 5. The second-order valence-corrected chi connectivity index (χ2v) is 6.02. The summed E-state index contributed by atoms with van der Waals surface area (Å²) in [5.74, 6) is 4.04. The molecule has 0 aliphatic heterocycles. The molecule has 0 amide bonds. The Morgan fingerprint density at radius 3 is 2.94 bits per heavy atom. The highest BCUT2D eigenvalue weighted by Crippen LogP contribution is 2.32. The predicted molar refractivity (Wildman–Crippen MR) is 74.8 cm³/mol. The van der Waals surface area contributed by atoms with Crippen LogP contribution in [0.4, 0.5) is 0 Å². The molecule has 1 heterocycles. The molecule has 1 aliphatic carbocycles. The molecule has 2 rings (SSSR count). The van der Waals surface area contributed by atoms with Gasteiger partial charge in [0.05, 0.1) is 11.7 Å². The minimum Gasteiger partial charge on any atom is -0.339 e. The van der Waals surface area contributed by atoms with Crippen LogP contribution in [-0.2, 0) is 5.75 Å². The molecular weight excluding hydrogens is 246 g/mol. The summed E-state index contributed by atoms with van der Waals surface area (Å²) in [6.45, 7) is 5.31. The van der Waals surface area contributed by atoms with Gasteiger partial charge in [0, 0.05) is 6.04 Å². The minimum atomic E-state index is 0.409. The molecule has 5 heteroatoms. The summed E-state index contributed by atoms with van der Waals surface area (Å²) in [5, 5.41) is 7.64. The fraction of sp³-hybridized carbons (Fsp3) is 0.846. The number of aromatic nitrogens is 2. The van der Waals surface area contributed by atoms with Crippen molar-refractivity contribution in [3.05, 3.63) is 11.7 Å². The average molecular weight is 269 g/mol. The Labute approximate surface area is 113 Å². The van der Waals surface area contributed by atoms with E-state index in [4.69, 9.17) is 4.52 Å². The van der Waals surface area contributed by atoms with Crippen molar-refractivity contribution < 1.29 is 4.52 Å². The van der Waals surface area contributed by atoms with Crippen molar-refractivity contribution in [1.29, 1.82) is 0 Å². The average Bonchev–Trinajstić information content (AvgIpc) is 2.86. The quantitative estimate of drug-likeness (QED) is 0.860. The van der Waals surface area contributed by atoms with Gasteiger partial charge in [0.1, 0.15) is 0 Å². The van der Waals surface area contributed by atoms with E-state index in [-0.39, 0.29) is 0 Å². The van der Waals surface area contributed by atoms with Gasteiger partial charge in [-0.2, -0.15) is 16.7 Å². The lowest BCUT2D eigenvalue weighted by Gasteiger charge is -2.29. The zero-order valence-corrected chi connectivity index (χ0v) is 12.1. The molecular formula is C13H23N3OS. The van der Waals surface area contributed by atoms with Gasteiger partial charge in [0.2, 0.25) is 5.89 Å². The summed E-state index contributed by atoms with van der Waals surface area (Å²) in [7, 11) is 0. The maximum absolute atomic E-state index is 5.46. The van der Waals surface area contributed by atoms with E-state index in [1.54, 1.807) is 0 Å². The number of rotatable bonds is 6. The SMILES string of the molecule is CCNC1CCCCC1c1nc(CSCC)no1. The van der Waals surface area contributed by atoms with Gasteiger partial charge in [0.25, 0.3) is 0 Å². The lowest BCUT2D eigenvalue weighted by Crippen LogP contribution is -2.37. The van der Waals surface area contributed by atoms with Crippen molar-refractivity contribution in [2.24, 2.45) is 0 Å². The Bertz CT molecular complexity index is 354. The van der Waals surface area contributed by atoms with Crippen molar-refractivity contribution in [2.75, 3.05) is 12.3 Å². The van der Waals surface area contributed by atoms with Crippen LogP contribution in [0.2, 0.25) is 0 Å². The fourth-order valence-corrected chi connectivity index (χ4v) is 3.11. The number of nitrogens with one attached hydrogen (secondary N) is 1. The monoisotopic (exact) mass is 269 g/mol. The standard InChI is InChI=1S/C13H23N3OS/c1-3-14-11-8-6-5-7-10(11)13-15-12(16-17-13)9-18-4-2/h10-11,14H,3-9H2,1-2H3. The molecule has 1 N–H and O–H groups in total. The Hall–Kier alpha value is -0.550. The van der Waals surface area contributed by atoms with Gasteiger partial charge >= 0.3 is 0 Å². The highest BCUT2D eigenvalue weighted by atomic mass is 32.2. The zero-order valence-electron chi connectivity index (χ0n) is 11.3. The zero-order chi connectivity index (χ0) is 12.8. The smallest absolute Gasteiger partial charge is 0.231 e. The van der Waals surface area contributed by atoms with Gasteiger partial charge < -0.3 is 9.84 Å². The normalized spacial score (nSPS) is 24.3. The first kappa shape index (κ1) is 13.9. The van der Waals surface area contributed by atoms with Crippen LogP contribution >= 0.6 is 11.8 Å². The van der Waals surface area contributed by atoms with Crippen LogP contribution in [0.1, 0.15) is 57.2 Å². The van der Waals surface area contributed by atoms with Crippen molar-refractivity contribution >= 4 is 11.8 Å². The topological polar surface area (TPSA) is 51.0 Å². The van der Waals surface area contributed by atoms with Gasteiger partial charge in [-0.3, -0.25) is 0 Å². The Kier molecular flexibility index (Phi) is 5.50. The molecule has 102 valence electrons. The molecule has 0 bridgehead atoms. The molecule has 0 radical (unpaired) electrons. The van der Waals surface area contributed by atoms with Crippen molar-refractivity contribution in [1.82, 2.24) is 15.5 Å². The van der Waals surface area contributed by atoms with E-state index < -0.39 is 0 Å². The van der Waals surface area contributed by atoms with Crippen molar-refractivity contribution in [3.8, 4) is 0 Å². The Balaban J connectivity index is 2.01. The molecule has 1 aromatic rings. The number of likely N-dealkylation sites (N-methyl/N-ethyl adjacent to an activating group) is 1. The van der Waals surface area contributed by atoms with Gasteiger partial charge in [0.15, 0.2) is 5.82 Å². The third-order valence-corrected chi connectivity index (χ3v) is 4.34. The first-order chi connectivity index (χ1) is 8.85. The molecule has 0 saturated heterocycles. The van der Waals surface area contributed by atoms with Crippen LogP contribution in [0.5, 0.6) is 0 Å². The van der Waals surface area contributed by atoms with Crippen LogP contribution in [0, 0.1) is 0 Å². The van der Waals surface area contributed by atoms with Crippen molar-refractivity contribution in [2.45, 2.75) is 57.2 Å². The van der Waals surface area contributed by atoms with E-state index in [0.29, 0.717) is 12.0 Å². The second-order valence-electron chi connectivity index (χ2n) is 4.74. The largest absolute Gasteiger partial charge is 0.339 e. The second kappa shape index (κ2) is 7.14. The highest BCUT2D eigenvalue weighted by molar-refractivity contribution is 7.98. The summed E-state index contributed by atoms with van der Waals surface area (Å²) in [4.78, 5) is 4.57. The molecule has 1 aliphatic rings. The Morgan fingerprint density at radius 2 is 2.17 bits per heavy atom. The van der Waals surface area contributed by atoms with Gasteiger partial charge in [-0.15, -0.1) is 0 Å². The van der Waals surface area contributed by atoms with Gasteiger partial charge in [-0.05, 0) is 25.1 Å². The van der Waals surface area contributed by atoms with Crippen LogP contribution in [0.25, 0.3) is 0 Å². The summed E-state index contributed by atoms with van der Waals surface area (Å²) < 4.78 is 5.46. The lowest BCUT2D eigenvalue weighted by atomic mass is 9.84. The van der Waals surface area contributed by atoms with E-state index in [1.807, 2.05) is 11.8 Å². The van der Waals surface area contributed by atoms with Crippen LogP contribution in [-0.4, -0.2) is 28.5 Å². The summed E-state index contributed by atoms with van der Waals surface area (Å²) in [5.41, 5.74) is 0. The maximum atomic E-state index is 5.46. The molecule has 0 aromatic carbocycles. The van der Waals surface area contributed by atoms with E-state index in [9.17, 15) is 0 Å². The van der Waals surface area contributed by atoms with E-state index in [1.165, 1.54) is 25.7 Å². The number of thioether (sulfide) groups is 1. The maximum Gasteiger partial charge on any atom is 0.231 e. The van der Waals surface area contributed by atoms with E-state index >= 15 is 0 Å². The molecule has 0 spiro atoms. The molecule has 2 atom stereocenters. The summed E-state index contributed by atoms with van der Waals surface area (Å²) in [6, 6.07) is 0.510.